The fourth-order valence-electron chi connectivity index (χ4n) is 3.12. The van der Waals surface area contributed by atoms with Gasteiger partial charge in [0.25, 0.3) is 0 Å². The SMILES string of the molecule is CC(C(=O)O)c1ccccc1C1CCC(C)(C)CC1. The maximum Gasteiger partial charge on any atom is 0.310 e. The first kappa shape index (κ1) is 14.1. The lowest BCUT2D eigenvalue weighted by atomic mass is 9.70. The summed E-state index contributed by atoms with van der Waals surface area (Å²) in [6.45, 7) is 6.44. The molecule has 1 N–H and O–H groups in total. The van der Waals surface area contributed by atoms with Crippen LogP contribution in [0.15, 0.2) is 24.3 Å². The summed E-state index contributed by atoms with van der Waals surface area (Å²) in [4.78, 5) is 11.2. The highest BCUT2D eigenvalue weighted by molar-refractivity contribution is 5.76. The van der Waals surface area contributed by atoms with Gasteiger partial charge in [0, 0.05) is 0 Å². The summed E-state index contributed by atoms with van der Waals surface area (Å²) in [5, 5.41) is 9.24. The van der Waals surface area contributed by atoms with E-state index in [-0.39, 0.29) is 0 Å². The van der Waals surface area contributed by atoms with E-state index in [0.29, 0.717) is 11.3 Å². The topological polar surface area (TPSA) is 37.3 Å². The zero-order chi connectivity index (χ0) is 14.0. The predicted molar refractivity (Wildman–Crippen MR) is 77.5 cm³/mol. The van der Waals surface area contributed by atoms with Gasteiger partial charge < -0.3 is 5.11 Å². The van der Waals surface area contributed by atoms with Gasteiger partial charge >= 0.3 is 5.97 Å². The molecule has 19 heavy (non-hydrogen) atoms. The van der Waals surface area contributed by atoms with E-state index < -0.39 is 11.9 Å². The van der Waals surface area contributed by atoms with E-state index in [4.69, 9.17) is 0 Å². The molecule has 2 heteroatoms. The number of hydrogen-bond donors (Lipinski definition) is 1. The highest BCUT2D eigenvalue weighted by Gasteiger charge is 2.29. The molecular formula is C17H24O2. The van der Waals surface area contributed by atoms with Gasteiger partial charge in [0.1, 0.15) is 0 Å². The van der Waals surface area contributed by atoms with Gasteiger partial charge in [-0.25, -0.2) is 0 Å². The summed E-state index contributed by atoms with van der Waals surface area (Å²) in [6.07, 6.45) is 4.81. The van der Waals surface area contributed by atoms with E-state index in [1.165, 1.54) is 31.2 Å². The quantitative estimate of drug-likeness (QED) is 0.865. The Bertz CT molecular complexity index is 452. The molecule has 1 aliphatic carbocycles. The summed E-state index contributed by atoms with van der Waals surface area (Å²) in [5.41, 5.74) is 2.71. The molecule has 0 aliphatic heterocycles. The predicted octanol–water partition coefficient (Wildman–Crippen LogP) is 4.56. The Morgan fingerprint density at radius 2 is 1.84 bits per heavy atom. The average molecular weight is 260 g/mol. The lowest BCUT2D eigenvalue weighted by Crippen LogP contribution is -2.21. The fourth-order valence-corrected chi connectivity index (χ4v) is 3.12. The summed E-state index contributed by atoms with van der Waals surface area (Å²) in [6, 6.07) is 8.09. The summed E-state index contributed by atoms with van der Waals surface area (Å²) in [5.74, 6) is -0.610. The van der Waals surface area contributed by atoms with Crippen LogP contribution in [-0.2, 0) is 4.79 Å². The van der Waals surface area contributed by atoms with Gasteiger partial charge in [-0.3, -0.25) is 4.79 Å². The largest absolute Gasteiger partial charge is 0.481 e. The number of carbonyl (C=O) groups is 1. The fraction of sp³-hybridized carbons (Fsp3) is 0.588. The number of carboxylic acid groups (broad SMARTS) is 1. The first-order valence-electron chi connectivity index (χ1n) is 7.22. The number of hydrogen-bond acceptors (Lipinski definition) is 1. The maximum atomic E-state index is 11.2. The van der Waals surface area contributed by atoms with E-state index in [2.05, 4.69) is 19.9 Å². The molecule has 0 aromatic heterocycles. The Kier molecular flexibility index (Phi) is 3.98. The van der Waals surface area contributed by atoms with Gasteiger partial charge in [-0.15, -0.1) is 0 Å². The average Bonchev–Trinajstić information content (AvgIpc) is 2.38. The second-order valence-electron chi connectivity index (χ2n) is 6.63. The third-order valence-electron chi connectivity index (χ3n) is 4.61. The van der Waals surface area contributed by atoms with Crippen LogP contribution in [0, 0.1) is 5.41 Å². The first-order chi connectivity index (χ1) is 8.91. The molecule has 1 unspecified atom stereocenters. The van der Waals surface area contributed by atoms with Crippen LogP contribution in [0.2, 0.25) is 0 Å². The van der Waals surface area contributed by atoms with Crippen LogP contribution in [0.4, 0.5) is 0 Å². The van der Waals surface area contributed by atoms with Crippen molar-refractivity contribution < 1.29 is 9.90 Å². The van der Waals surface area contributed by atoms with E-state index in [1.807, 2.05) is 18.2 Å². The van der Waals surface area contributed by atoms with Crippen molar-refractivity contribution in [1.29, 1.82) is 0 Å². The summed E-state index contributed by atoms with van der Waals surface area (Å²) >= 11 is 0. The van der Waals surface area contributed by atoms with Crippen LogP contribution in [-0.4, -0.2) is 11.1 Å². The smallest absolute Gasteiger partial charge is 0.310 e. The Hall–Kier alpha value is -1.31. The molecule has 0 radical (unpaired) electrons. The van der Waals surface area contributed by atoms with Crippen molar-refractivity contribution in [2.75, 3.05) is 0 Å². The minimum atomic E-state index is -0.733. The summed E-state index contributed by atoms with van der Waals surface area (Å²) < 4.78 is 0. The second kappa shape index (κ2) is 5.36. The van der Waals surface area contributed by atoms with Crippen molar-refractivity contribution >= 4 is 5.97 Å². The van der Waals surface area contributed by atoms with Crippen LogP contribution in [0.25, 0.3) is 0 Å². The zero-order valence-electron chi connectivity index (χ0n) is 12.1. The zero-order valence-corrected chi connectivity index (χ0v) is 12.1. The monoisotopic (exact) mass is 260 g/mol. The van der Waals surface area contributed by atoms with Crippen LogP contribution in [0.1, 0.15) is 69.4 Å². The molecule has 2 nitrogen and oxygen atoms in total. The van der Waals surface area contributed by atoms with E-state index in [0.717, 1.165) is 5.56 Å². The Morgan fingerprint density at radius 3 is 2.42 bits per heavy atom. The van der Waals surface area contributed by atoms with Crippen LogP contribution in [0.3, 0.4) is 0 Å². The molecule has 1 saturated carbocycles. The molecule has 1 aromatic carbocycles. The van der Waals surface area contributed by atoms with Crippen molar-refractivity contribution in [2.24, 2.45) is 5.41 Å². The number of aliphatic carboxylic acids is 1. The first-order valence-corrected chi connectivity index (χ1v) is 7.22. The molecule has 2 rings (SSSR count). The number of carboxylic acids is 1. The van der Waals surface area contributed by atoms with E-state index in [9.17, 15) is 9.90 Å². The highest BCUT2D eigenvalue weighted by atomic mass is 16.4. The maximum absolute atomic E-state index is 11.2. The molecule has 0 spiro atoms. The van der Waals surface area contributed by atoms with Crippen molar-refractivity contribution in [3.05, 3.63) is 35.4 Å². The second-order valence-corrected chi connectivity index (χ2v) is 6.63. The van der Waals surface area contributed by atoms with E-state index in [1.54, 1.807) is 6.92 Å². The van der Waals surface area contributed by atoms with Crippen LogP contribution in [0.5, 0.6) is 0 Å². The third-order valence-corrected chi connectivity index (χ3v) is 4.61. The van der Waals surface area contributed by atoms with Gasteiger partial charge in [-0.2, -0.15) is 0 Å². The number of rotatable bonds is 3. The molecular weight excluding hydrogens is 236 g/mol. The van der Waals surface area contributed by atoms with Gasteiger partial charge in [-0.05, 0) is 55.1 Å². The highest BCUT2D eigenvalue weighted by Crippen LogP contribution is 2.43. The normalized spacial score (nSPS) is 21.0. The van der Waals surface area contributed by atoms with Crippen LogP contribution >= 0.6 is 0 Å². The number of benzene rings is 1. The van der Waals surface area contributed by atoms with Crippen LogP contribution < -0.4 is 0 Å². The molecule has 1 aliphatic rings. The molecule has 0 bridgehead atoms. The molecule has 104 valence electrons. The standard InChI is InChI=1S/C17H24O2/c1-12(16(18)19)14-6-4-5-7-15(14)13-8-10-17(2,3)11-9-13/h4-7,12-13H,8-11H2,1-3H3,(H,18,19). The van der Waals surface area contributed by atoms with Crippen molar-refractivity contribution in [1.82, 2.24) is 0 Å². The van der Waals surface area contributed by atoms with Crippen molar-refractivity contribution in [2.45, 2.75) is 58.3 Å². The minimum Gasteiger partial charge on any atom is -0.481 e. The molecule has 1 atom stereocenters. The molecule has 0 saturated heterocycles. The molecule has 0 amide bonds. The Morgan fingerprint density at radius 1 is 1.26 bits per heavy atom. The van der Waals surface area contributed by atoms with Gasteiger partial charge in [0.15, 0.2) is 0 Å². The van der Waals surface area contributed by atoms with Gasteiger partial charge in [0.2, 0.25) is 0 Å². The lowest BCUT2D eigenvalue weighted by molar-refractivity contribution is -0.138. The Balaban J connectivity index is 2.23. The Labute approximate surface area is 115 Å². The molecule has 0 heterocycles. The molecule has 1 aromatic rings. The third kappa shape index (κ3) is 3.17. The van der Waals surface area contributed by atoms with Crippen molar-refractivity contribution in [3.8, 4) is 0 Å². The van der Waals surface area contributed by atoms with Gasteiger partial charge in [0.05, 0.1) is 5.92 Å². The van der Waals surface area contributed by atoms with Gasteiger partial charge in [-0.1, -0.05) is 38.1 Å². The van der Waals surface area contributed by atoms with Crippen molar-refractivity contribution in [3.63, 3.8) is 0 Å². The molecule has 1 fully saturated rings. The minimum absolute atomic E-state index is 0.411. The van der Waals surface area contributed by atoms with E-state index >= 15 is 0 Å². The lowest BCUT2D eigenvalue weighted by Gasteiger charge is -2.35. The summed E-state index contributed by atoms with van der Waals surface area (Å²) in [7, 11) is 0.